The number of nitrogen functional groups attached to an aromatic ring is 1. The first kappa shape index (κ1) is 14.3. The molecule has 2 heterocycles. The second kappa shape index (κ2) is 4.98. The van der Waals surface area contributed by atoms with Crippen molar-refractivity contribution in [3.05, 3.63) is 22.2 Å². The van der Waals surface area contributed by atoms with E-state index in [0.717, 1.165) is 17.3 Å². The second-order valence-electron chi connectivity index (χ2n) is 5.42. The number of hydrogen-bond acceptors (Lipinski definition) is 4. The van der Waals surface area contributed by atoms with Crippen LogP contribution in [0.1, 0.15) is 18.4 Å². The number of sulfonamides is 1. The summed E-state index contributed by atoms with van der Waals surface area (Å²) in [5.41, 5.74) is 6.96. The molecule has 2 saturated heterocycles. The van der Waals surface area contributed by atoms with Crippen LogP contribution in [0, 0.1) is 6.92 Å². The number of hydrogen-bond donors (Lipinski definition) is 1. The van der Waals surface area contributed by atoms with Gasteiger partial charge in [0.25, 0.3) is 0 Å². The average Bonchev–Trinajstić information content (AvgIpc) is 2.72. The van der Waals surface area contributed by atoms with E-state index in [9.17, 15) is 8.42 Å². The quantitative estimate of drug-likeness (QED) is 0.817. The van der Waals surface area contributed by atoms with Crippen molar-refractivity contribution < 1.29 is 13.2 Å². The van der Waals surface area contributed by atoms with E-state index in [0.29, 0.717) is 29.2 Å². The van der Waals surface area contributed by atoms with E-state index >= 15 is 0 Å². The zero-order valence-corrected chi connectivity index (χ0v) is 13.6. The van der Waals surface area contributed by atoms with Gasteiger partial charge >= 0.3 is 0 Å². The molecule has 0 spiro atoms. The SMILES string of the molecule is Cc1cc(Br)c(N)cc1S(=O)(=O)N1CC2CCC(C1)O2. The van der Waals surface area contributed by atoms with Crippen LogP contribution in [-0.2, 0) is 14.8 Å². The van der Waals surface area contributed by atoms with Gasteiger partial charge in [-0.15, -0.1) is 0 Å². The highest BCUT2D eigenvalue weighted by atomic mass is 79.9. The van der Waals surface area contributed by atoms with Crippen LogP contribution in [0.3, 0.4) is 0 Å². The van der Waals surface area contributed by atoms with Crippen LogP contribution in [-0.4, -0.2) is 38.0 Å². The summed E-state index contributed by atoms with van der Waals surface area (Å²) in [5.74, 6) is 0. The Morgan fingerprint density at radius 3 is 2.50 bits per heavy atom. The van der Waals surface area contributed by atoms with Gasteiger partial charge in [-0.1, -0.05) is 0 Å². The van der Waals surface area contributed by atoms with Crippen molar-refractivity contribution in [3.63, 3.8) is 0 Å². The lowest BCUT2D eigenvalue weighted by Crippen LogP contribution is -2.45. The van der Waals surface area contributed by atoms with Crippen molar-refractivity contribution in [2.45, 2.75) is 36.9 Å². The molecular formula is C13H17BrN2O3S. The molecule has 1 aromatic carbocycles. The lowest BCUT2D eigenvalue weighted by atomic mass is 10.2. The monoisotopic (exact) mass is 360 g/mol. The third-order valence-corrected chi connectivity index (χ3v) is 6.58. The molecule has 2 unspecified atom stereocenters. The Kier molecular flexibility index (Phi) is 3.56. The number of morpholine rings is 1. The van der Waals surface area contributed by atoms with E-state index in [1.165, 1.54) is 10.4 Å². The summed E-state index contributed by atoms with van der Waals surface area (Å²) >= 11 is 3.32. The summed E-state index contributed by atoms with van der Waals surface area (Å²) in [7, 11) is -3.51. The van der Waals surface area contributed by atoms with E-state index in [-0.39, 0.29) is 12.2 Å². The Balaban J connectivity index is 1.98. The van der Waals surface area contributed by atoms with Gasteiger partial charge < -0.3 is 10.5 Å². The number of halogens is 1. The first-order chi connectivity index (χ1) is 9.38. The normalized spacial score (nSPS) is 26.9. The molecular weight excluding hydrogens is 344 g/mol. The van der Waals surface area contributed by atoms with Crippen LogP contribution in [0.25, 0.3) is 0 Å². The first-order valence-electron chi connectivity index (χ1n) is 6.59. The Morgan fingerprint density at radius 1 is 1.30 bits per heavy atom. The van der Waals surface area contributed by atoms with Gasteiger partial charge in [-0.05, 0) is 53.4 Å². The molecule has 2 aliphatic rings. The molecule has 0 amide bonds. The third kappa shape index (κ3) is 2.36. The lowest BCUT2D eigenvalue weighted by Gasteiger charge is -2.31. The maximum atomic E-state index is 12.8. The minimum Gasteiger partial charge on any atom is -0.398 e. The van der Waals surface area contributed by atoms with Crippen molar-refractivity contribution >= 4 is 31.6 Å². The van der Waals surface area contributed by atoms with Gasteiger partial charge in [0.2, 0.25) is 10.0 Å². The number of nitrogens with zero attached hydrogens (tertiary/aromatic N) is 1. The molecule has 3 rings (SSSR count). The number of rotatable bonds is 2. The van der Waals surface area contributed by atoms with Gasteiger partial charge in [-0.2, -0.15) is 4.31 Å². The van der Waals surface area contributed by atoms with Crippen molar-refractivity contribution in [2.75, 3.05) is 18.8 Å². The van der Waals surface area contributed by atoms with E-state index in [4.69, 9.17) is 10.5 Å². The molecule has 110 valence electrons. The van der Waals surface area contributed by atoms with Crippen LogP contribution in [0.4, 0.5) is 5.69 Å². The molecule has 0 aliphatic carbocycles. The molecule has 7 heteroatoms. The molecule has 2 fully saturated rings. The molecule has 5 nitrogen and oxygen atoms in total. The van der Waals surface area contributed by atoms with Crippen LogP contribution < -0.4 is 5.73 Å². The molecule has 0 radical (unpaired) electrons. The summed E-state index contributed by atoms with van der Waals surface area (Å²) in [4.78, 5) is 0.291. The number of fused-ring (bicyclic) bond motifs is 2. The van der Waals surface area contributed by atoms with E-state index in [1.807, 2.05) is 0 Å². The molecule has 1 aromatic rings. The second-order valence-corrected chi connectivity index (χ2v) is 8.18. The number of benzene rings is 1. The Labute approximate surface area is 127 Å². The van der Waals surface area contributed by atoms with Gasteiger partial charge in [-0.3, -0.25) is 0 Å². The van der Waals surface area contributed by atoms with Crippen LogP contribution in [0.5, 0.6) is 0 Å². The number of aryl methyl sites for hydroxylation is 1. The highest BCUT2D eigenvalue weighted by Gasteiger charge is 2.39. The molecule has 2 aliphatic heterocycles. The summed E-state index contributed by atoms with van der Waals surface area (Å²) in [6.45, 7) is 2.66. The minimum atomic E-state index is -3.51. The van der Waals surface area contributed by atoms with Crippen LogP contribution in [0.15, 0.2) is 21.5 Å². The highest BCUT2D eigenvalue weighted by Crippen LogP contribution is 2.33. The zero-order chi connectivity index (χ0) is 14.5. The molecule has 2 N–H and O–H groups in total. The molecule has 2 bridgehead atoms. The summed E-state index contributed by atoms with van der Waals surface area (Å²) in [5, 5.41) is 0. The lowest BCUT2D eigenvalue weighted by molar-refractivity contribution is -0.0114. The van der Waals surface area contributed by atoms with Crippen molar-refractivity contribution in [1.29, 1.82) is 0 Å². The third-order valence-electron chi connectivity index (χ3n) is 3.92. The standard InChI is InChI=1S/C13H17BrN2O3S/c1-8-4-11(14)12(15)5-13(8)20(17,18)16-6-9-2-3-10(7-16)19-9/h4-5,9-10H,2-3,6-7,15H2,1H3. The summed E-state index contributed by atoms with van der Waals surface area (Å²) in [6, 6.07) is 3.28. The zero-order valence-electron chi connectivity index (χ0n) is 11.2. The predicted molar refractivity (Wildman–Crippen MR) is 79.9 cm³/mol. The molecule has 2 atom stereocenters. The van der Waals surface area contributed by atoms with E-state index < -0.39 is 10.0 Å². The number of anilines is 1. The Hall–Kier alpha value is -0.630. The molecule has 20 heavy (non-hydrogen) atoms. The van der Waals surface area contributed by atoms with E-state index in [1.54, 1.807) is 13.0 Å². The van der Waals surface area contributed by atoms with Gasteiger partial charge in [-0.25, -0.2) is 8.42 Å². The maximum absolute atomic E-state index is 12.8. The van der Waals surface area contributed by atoms with E-state index in [2.05, 4.69) is 15.9 Å². The average molecular weight is 361 g/mol. The van der Waals surface area contributed by atoms with Gasteiger partial charge in [0, 0.05) is 23.2 Å². The predicted octanol–water partition coefficient (Wildman–Crippen LogP) is 1.89. The fraction of sp³-hybridized carbons (Fsp3) is 0.538. The summed E-state index contributed by atoms with van der Waals surface area (Å²) in [6.07, 6.45) is 1.96. The fourth-order valence-corrected chi connectivity index (χ4v) is 5.06. The first-order valence-corrected chi connectivity index (χ1v) is 8.82. The minimum absolute atomic E-state index is 0.0385. The number of ether oxygens (including phenoxy) is 1. The van der Waals surface area contributed by atoms with Gasteiger partial charge in [0.1, 0.15) is 0 Å². The smallest absolute Gasteiger partial charge is 0.243 e. The van der Waals surface area contributed by atoms with Gasteiger partial charge in [0.05, 0.1) is 17.1 Å². The maximum Gasteiger partial charge on any atom is 0.243 e. The Bertz CT molecular complexity index is 635. The topological polar surface area (TPSA) is 72.6 Å². The van der Waals surface area contributed by atoms with Crippen molar-refractivity contribution in [1.82, 2.24) is 4.31 Å². The van der Waals surface area contributed by atoms with Crippen molar-refractivity contribution in [3.8, 4) is 0 Å². The number of nitrogens with two attached hydrogens (primary N) is 1. The van der Waals surface area contributed by atoms with Crippen LogP contribution in [0.2, 0.25) is 0 Å². The van der Waals surface area contributed by atoms with Crippen LogP contribution >= 0.6 is 15.9 Å². The highest BCUT2D eigenvalue weighted by molar-refractivity contribution is 9.10. The molecule has 0 aromatic heterocycles. The fourth-order valence-electron chi connectivity index (χ4n) is 2.86. The van der Waals surface area contributed by atoms with Gasteiger partial charge in [0.15, 0.2) is 0 Å². The Morgan fingerprint density at radius 2 is 1.90 bits per heavy atom. The molecule has 0 saturated carbocycles. The largest absolute Gasteiger partial charge is 0.398 e. The summed E-state index contributed by atoms with van der Waals surface area (Å²) < 4.78 is 33.5. The van der Waals surface area contributed by atoms with Crippen molar-refractivity contribution in [2.24, 2.45) is 0 Å².